The molecule has 2 rings (SSSR count). The molecule has 1 aromatic heterocycles. The van der Waals surface area contributed by atoms with Crippen molar-refractivity contribution in [3.05, 3.63) is 35.5 Å². The lowest BCUT2D eigenvalue weighted by molar-refractivity contribution is -0.255. The van der Waals surface area contributed by atoms with E-state index in [-0.39, 0.29) is 5.69 Å². The van der Waals surface area contributed by atoms with Gasteiger partial charge in [0, 0.05) is 18.0 Å². The van der Waals surface area contributed by atoms with Gasteiger partial charge in [-0.2, -0.15) is 0 Å². The number of aromatic carboxylic acids is 1. The van der Waals surface area contributed by atoms with Crippen LogP contribution in [0.2, 0.25) is 0 Å². The van der Waals surface area contributed by atoms with E-state index in [9.17, 15) is 9.90 Å². The van der Waals surface area contributed by atoms with Gasteiger partial charge in [-0.3, -0.25) is 0 Å². The zero-order chi connectivity index (χ0) is 10.3. The van der Waals surface area contributed by atoms with Gasteiger partial charge in [-0.25, -0.2) is 0 Å². The van der Waals surface area contributed by atoms with Gasteiger partial charge in [-0.15, -0.1) is 0 Å². The van der Waals surface area contributed by atoms with Gasteiger partial charge < -0.3 is 14.5 Å². The van der Waals surface area contributed by atoms with Gasteiger partial charge in [0.05, 0.1) is 11.7 Å². The van der Waals surface area contributed by atoms with Crippen LogP contribution in [0.15, 0.2) is 24.3 Å². The van der Waals surface area contributed by atoms with Crippen LogP contribution in [0.3, 0.4) is 0 Å². The molecule has 2 aromatic rings. The molecule has 1 aromatic carbocycles. The van der Waals surface area contributed by atoms with Crippen molar-refractivity contribution in [3.63, 3.8) is 0 Å². The van der Waals surface area contributed by atoms with E-state index in [4.69, 9.17) is 0 Å². The Morgan fingerprint density at radius 1 is 1.36 bits per heavy atom. The van der Waals surface area contributed by atoms with E-state index in [1.807, 2.05) is 25.1 Å². The number of carboxylic acids is 1. The molecular formula is C11H10NO2-. The Hall–Kier alpha value is -1.77. The lowest BCUT2D eigenvalue weighted by atomic mass is 10.2. The third kappa shape index (κ3) is 1.18. The number of benzene rings is 1. The third-order valence-electron chi connectivity index (χ3n) is 2.41. The Labute approximate surface area is 81.6 Å². The summed E-state index contributed by atoms with van der Waals surface area (Å²) in [6.07, 6.45) is 0. The fourth-order valence-electron chi connectivity index (χ4n) is 1.66. The van der Waals surface area contributed by atoms with E-state index in [2.05, 4.69) is 0 Å². The Balaban J connectivity index is 2.79. The molecule has 0 fully saturated rings. The molecule has 0 aliphatic heterocycles. The molecule has 0 saturated carbocycles. The monoisotopic (exact) mass is 188 g/mol. The van der Waals surface area contributed by atoms with Gasteiger partial charge in [0.1, 0.15) is 0 Å². The lowest BCUT2D eigenvalue weighted by Crippen LogP contribution is -2.24. The number of carbonyl (C=O) groups is 1. The summed E-state index contributed by atoms with van der Waals surface area (Å²) in [5.74, 6) is -1.14. The van der Waals surface area contributed by atoms with Gasteiger partial charge >= 0.3 is 0 Å². The van der Waals surface area contributed by atoms with Crippen LogP contribution >= 0.6 is 0 Å². The molecule has 0 aliphatic carbocycles. The van der Waals surface area contributed by atoms with E-state index in [0.29, 0.717) is 0 Å². The Morgan fingerprint density at radius 3 is 2.71 bits per heavy atom. The largest absolute Gasteiger partial charge is 0.543 e. The molecular weight excluding hydrogens is 178 g/mol. The minimum absolute atomic E-state index is 0.214. The fraction of sp³-hybridized carbons (Fsp3) is 0.182. The molecule has 0 bridgehead atoms. The topological polar surface area (TPSA) is 45.1 Å². The molecule has 0 atom stereocenters. The minimum Gasteiger partial charge on any atom is -0.543 e. The summed E-state index contributed by atoms with van der Waals surface area (Å²) >= 11 is 0. The number of aryl methyl sites for hydroxylation is 2. The Bertz CT molecular complexity index is 511. The number of carboxylic acid groups (broad SMARTS) is 1. The van der Waals surface area contributed by atoms with Crippen LogP contribution in [0.4, 0.5) is 0 Å². The molecule has 0 aliphatic rings. The molecule has 0 radical (unpaired) electrons. The number of aromatic nitrogens is 1. The van der Waals surface area contributed by atoms with Crippen LogP contribution in [0.1, 0.15) is 16.1 Å². The number of nitrogens with zero attached hydrogens (tertiary/aromatic N) is 1. The van der Waals surface area contributed by atoms with Crippen molar-refractivity contribution in [1.29, 1.82) is 0 Å². The normalized spacial score (nSPS) is 10.7. The number of rotatable bonds is 1. The summed E-state index contributed by atoms with van der Waals surface area (Å²) in [6, 6.07) is 7.47. The standard InChI is InChI=1S/C11H11NO2/c1-7-3-4-9-8(5-7)6-10(11(13)14)12(9)2/h3-6H,1-2H3,(H,13,14)/p-1. The van der Waals surface area contributed by atoms with Crippen LogP contribution in [0.25, 0.3) is 10.9 Å². The molecule has 3 heteroatoms. The van der Waals surface area contributed by atoms with Crippen molar-refractivity contribution in [2.75, 3.05) is 0 Å². The number of fused-ring (bicyclic) bond motifs is 1. The fourth-order valence-corrected chi connectivity index (χ4v) is 1.66. The van der Waals surface area contributed by atoms with E-state index in [0.717, 1.165) is 16.5 Å². The molecule has 0 spiro atoms. The van der Waals surface area contributed by atoms with E-state index < -0.39 is 5.97 Å². The van der Waals surface area contributed by atoms with Crippen LogP contribution < -0.4 is 5.11 Å². The average Bonchev–Trinajstić information content (AvgIpc) is 2.43. The van der Waals surface area contributed by atoms with Crippen molar-refractivity contribution in [2.45, 2.75) is 6.92 Å². The lowest BCUT2D eigenvalue weighted by Gasteiger charge is -2.03. The second-order valence-electron chi connectivity index (χ2n) is 3.44. The summed E-state index contributed by atoms with van der Waals surface area (Å²) in [6.45, 7) is 1.98. The maximum absolute atomic E-state index is 10.7. The molecule has 3 nitrogen and oxygen atoms in total. The first-order chi connectivity index (χ1) is 6.59. The van der Waals surface area contributed by atoms with Gasteiger partial charge in [0.25, 0.3) is 0 Å². The molecule has 0 N–H and O–H groups in total. The van der Waals surface area contributed by atoms with E-state index >= 15 is 0 Å². The molecule has 0 saturated heterocycles. The molecule has 72 valence electrons. The summed E-state index contributed by atoms with van der Waals surface area (Å²) in [5.41, 5.74) is 2.24. The van der Waals surface area contributed by atoms with Gasteiger partial charge in [0.2, 0.25) is 0 Å². The quantitative estimate of drug-likeness (QED) is 0.666. The summed E-state index contributed by atoms with van der Waals surface area (Å²) < 4.78 is 1.63. The summed E-state index contributed by atoms with van der Waals surface area (Å²) in [7, 11) is 1.72. The smallest absolute Gasteiger partial charge is 0.0880 e. The Morgan fingerprint density at radius 2 is 2.07 bits per heavy atom. The van der Waals surface area contributed by atoms with Gasteiger partial charge in [-0.05, 0) is 25.1 Å². The SMILES string of the molecule is Cc1ccc2c(c1)cc(C(=O)[O-])n2C. The summed E-state index contributed by atoms with van der Waals surface area (Å²) in [4.78, 5) is 10.7. The predicted molar refractivity (Wildman–Crippen MR) is 52.0 cm³/mol. The highest BCUT2D eigenvalue weighted by molar-refractivity contribution is 5.93. The highest BCUT2D eigenvalue weighted by Gasteiger charge is 2.05. The summed E-state index contributed by atoms with van der Waals surface area (Å²) in [5, 5.41) is 11.7. The number of hydrogen-bond donors (Lipinski definition) is 0. The minimum atomic E-state index is -1.14. The highest BCUT2D eigenvalue weighted by Crippen LogP contribution is 2.19. The second-order valence-corrected chi connectivity index (χ2v) is 3.44. The van der Waals surface area contributed by atoms with Crippen molar-refractivity contribution < 1.29 is 9.90 Å². The van der Waals surface area contributed by atoms with Crippen molar-refractivity contribution in [1.82, 2.24) is 4.57 Å². The molecule has 14 heavy (non-hydrogen) atoms. The van der Waals surface area contributed by atoms with Crippen LogP contribution in [-0.2, 0) is 7.05 Å². The Kier molecular flexibility index (Phi) is 1.81. The van der Waals surface area contributed by atoms with Crippen LogP contribution in [0, 0.1) is 6.92 Å². The molecule has 0 amide bonds. The van der Waals surface area contributed by atoms with Crippen molar-refractivity contribution in [3.8, 4) is 0 Å². The number of carbonyl (C=O) groups excluding carboxylic acids is 1. The molecule has 1 heterocycles. The first kappa shape index (κ1) is 8.81. The van der Waals surface area contributed by atoms with E-state index in [1.165, 1.54) is 0 Å². The van der Waals surface area contributed by atoms with E-state index in [1.54, 1.807) is 17.7 Å². The second kappa shape index (κ2) is 2.87. The maximum atomic E-state index is 10.7. The maximum Gasteiger partial charge on any atom is 0.0880 e. The van der Waals surface area contributed by atoms with Crippen molar-refractivity contribution in [2.24, 2.45) is 7.05 Å². The van der Waals surface area contributed by atoms with Gasteiger partial charge in [0.15, 0.2) is 0 Å². The first-order valence-electron chi connectivity index (χ1n) is 4.37. The average molecular weight is 188 g/mol. The van der Waals surface area contributed by atoms with Gasteiger partial charge in [-0.1, -0.05) is 11.6 Å². The highest BCUT2D eigenvalue weighted by atomic mass is 16.4. The van der Waals surface area contributed by atoms with Crippen LogP contribution in [0.5, 0.6) is 0 Å². The zero-order valence-corrected chi connectivity index (χ0v) is 8.07. The first-order valence-corrected chi connectivity index (χ1v) is 4.37. The third-order valence-corrected chi connectivity index (χ3v) is 2.41. The number of hydrogen-bond acceptors (Lipinski definition) is 2. The van der Waals surface area contributed by atoms with Crippen molar-refractivity contribution >= 4 is 16.9 Å². The molecule has 0 unspecified atom stereocenters. The zero-order valence-electron chi connectivity index (χ0n) is 8.07. The predicted octanol–water partition coefficient (Wildman–Crippen LogP) is 0.850. The van der Waals surface area contributed by atoms with Crippen LogP contribution in [-0.4, -0.2) is 10.5 Å².